The summed E-state index contributed by atoms with van der Waals surface area (Å²) in [7, 11) is 0. The number of carbonyl (C=O) groups is 1. The number of halogens is 1. The number of fused-ring (bicyclic) bond motifs is 1. The minimum absolute atomic E-state index is 0.143. The third-order valence-electron chi connectivity index (χ3n) is 4.54. The first-order valence-corrected chi connectivity index (χ1v) is 9.33. The Morgan fingerprint density at radius 2 is 1.93 bits per heavy atom. The lowest BCUT2D eigenvalue weighted by Gasteiger charge is -2.07. The van der Waals surface area contributed by atoms with Gasteiger partial charge in [-0.2, -0.15) is 0 Å². The van der Waals surface area contributed by atoms with Gasteiger partial charge in [-0.05, 0) is 55.5 Å². The van der Waals surface area contributed by atoms with Gasteiger partial charge in [0, 0.05) is 6.54 Å². The monoisotopic (exact) mass is 393 g/mol. The van der Waals surface area contributed by atoms with E-state index >= 15 is 0 Å². The fraction of sp³-hybridized carbons (Fsp3) is 0.182. The van der Waals surface area contributed by atoms with E-state index < -0.39 is 0 Å². The second-order valence-electron chi connectivity index (χ2n) is 6.45. The number of amides is 1. The minimum atomic E-state index is -0.328. The standard InChI is InChI=1S/C22H20FN3O3/c1-2-26-19-6-4-3-5-18(19)25-21(26)13-24-22(27)20-12-11-17(29-20)14-28-16-9-7-15(23)8-10-16/h3-12H,2,13-14H2,1H3,(H,24,27). The van der Waals surface area contributed by atoms with Crippen molar-refractivity contribution >= 4 is 16.9 Å². The SMILES string of the molecule is CCn1c(CNC(=O)c2ccc(COc3ccc(F)cc3)o2)nc2ccccc21. The number of carbonyl (C=O) groups excluding carboxylic acids is 1. The maximum atomic E-state index is 12.9. The Bertz CT molecular complexity index is 1130. The van der Waals surface area contributed by atoms with Gasteiger partial charge in [-0.15, -0.1) is 0 Å². The molecule has 2 aromatic carbocycles. The maximum Gasteiger partial charge on any atom is 0.287 e. The highest BCUT2D eigenvalue weighted by molar-refractivity contribution is 5.91. The van der Waals surface area contributed by atoms with E-state index in [1.807, 2.05) is 31.2 Å². The summed E-state index contributed by atoms with van der Waals surface area (Å²) in [6.45, 7) is 3.24. The highest BCUT2D eigenvalue weighted by Crippen LogP contribution is 2.17. The molecular weight excluding hydrogens is 373 g/mol. The summed E-state index contributed by atoms with van der Waals surface area (Å²) in [5, 5.41) is 2.85. The first-order valence-electron chi connectivity index (χ1n) is 9.33. The summed E-state index contributed by atoms with van der Waals surface area (Å²) < 4.78 is 26.1. The Balaban J connectivity index is 1.37. The Hall–Kier alpha value is -3.61. The molecule has 1 N–H and O–H groups in total. The van der Waals surface area contributed by atoms with Crippen molar-refractivity contribution in [3.05, 3.63) is 83.8 Å². The van der Waals surface area contributed by atoms with Gasteiger partial charge in [-0.3, -0.25) is 4.79 Å². The second-order valence-corrected chi connectivity index (χ2v) is 6.45. The number of nitrogens with one attached hydrogen (secondary N) is 1. The van der Waals surface area contributed by atoms with Gasteiger partial charge >= 0.3 is 0 Å². The summed E-state index contributed by atoms with van der Waals surface area (Å²) in [6, 6.07) is 16.9. The summed E-state index contributed by atoms with van der Waals surface area (Å²) in [4.78, 5) is 17.0. The molecule has 0 atom stereocenters. The molecule has 1 amide bonds. The fourth-order valence-corrected chi connectivity index (χ4v) is 3.12. The van der Waals surface area contributed by atoms with Gasteiger partial charge in [0.15, 0.2) is 5.76 Å². The number of para-hydroxylation sites is 2. The number of ether oxygens (including phenoxy) is 1. The van der Waals surface area contributed by atoms with E-state index in [-0.39, 0.29) is 24.1 Å². The summed E-state index contributed by atoms with van der Waals surface area (Å²) in [5.74, 6) is 1.35. The van der Waals surface area contributed by atoms with Gasteiger partial charge in [0.25, 0.3) is 5.91 Å². The fourth-order valence-electron chi connectivity index (χ4n) is 3.12. The van der Waals surface area contributed by atoms with Gasteiger partial charge in [-0.1, -0.05) is 12.1 Å². The Labute approximate surface area is 166 Å². The van der Waals surface area contributed by atoms with Gasteiger partial charge in [-0.25, -0.2) is 9.37 Å². The minimum Gasteiger partial charge on any atom is -0.486 e. The number of aryl methyl sites for hydroxylation is 1. The molecule has 0 aliphatic rings. The summed E-state index contributed by atoms with van der Waals surface area (Å²) in [5.41, 5.74) is 1.94. The molecule has 0 saturated heterocycles. The average molecular weight is 393 g/mol. The molecule has 0 radical (unpaired) electrons. The van der Waals surface area contributed by atoms with Crippen molar-refractivity contribution in [2.75, 3.05) is 0 Å². The van der Waals surface area contributed by atoms with Crippen LogP contribution in [0.2, 0.25) is 0 Å². The molecule has 0 fully saturated rings. The number of hydrogen-bond donors (Lipinski definition) is 1. The number of benzene rings is 2. The van der Waals surface area contributed by atoms with Gasteiger partial charge in [0.2, 0.25) is 0 Å². The first kappa shape index (κ1) is 18.7. The number of hydrogen-bond acceptors (Lipinski definition) is 4. The van der Waals surface area contributed by atoms with Crippen LogP contribution in [0.1, 0.15) is 29.1 Å². The lowest BCUT2D eigenvalue weighted by Crippen LogP contribution is -2.24. The lowest BCUT2D eigenvalue weighted by atomic mass is 10.3. The molecule has 6 nitrogen and oxygen atoms in total. The number of imidazole rings is 1. The Kier molecular flexibility index (Phi) is 5.29. The number of nitrogens with zero attached hydrogens (tertiary/aromatic N) is 2. The molecule has 4 rings (SSSR count). The Morgan fingerprint density at radius 3 is 2.72 bits per heavy atom. The molecule has 148 valence electrons. The zero-order chi connectivity index (χ0) is 20.2. The predicted octanol–water partition coefficient (Wildman–Crippen LogP) is 4.30. The molecule has 2 heterocycles. The van der Waals surface area contributed by atoms with Crippen LogP contribution in [0, 0.1) is 5.82 Å². The topological polar surface area (TPSA) is 69.3 Å². The lowest BCUT2D eigenvalue weighted by molar-refractivity contribution is 0.0917. The molecule has 4 aromatic rings. The van der Waals surface area contributed by atoms with Gasteiger partial charge < -0.3 is 19.0 Å². The van der Waals surface area contributed by atoms with Gasteiger partial charge in [0.05, 0.1) is 17.6 Å². The van der Waals surface area contributed by atoms with Crippen LogP contribution >= 0.6 is 0 Å². The van der Waals surface area contributed by atoms with E-state index in [0.717, 1.165) is 23.4 Å². The van der Waals surface area contributed by atoms with E-state index in [4.69, 9.17) is 9.15 Å². The molecule has 29 heavy (non-hydrogen) atoms. The van der Waals surface area contributed by atoms with E-state index in [2.05, 4.69) is 14.9 Å². The molecule has 0 spiro atoms. The van der Waals surface area contributed by atoms with Crippen LogP contribution in [0.25, 0.3) is 11.0 Å². The van der Waals surface area contributed by atoms with E-state index in [9.17, 15) is 9.18 Å². The Morgan fingerprint density at radius 1 is 1.14 bits per heavy atom. The normalized spacial score (nSPS) is 11.0. The smallest absolute Gasteiger partial charge is 0.287 e. The third-order valence-corrected chi connectivity index (χ3v) is 4.54. The third kappa shape index (κ3) is 4.13. The van der Waals surface area contributed by atoms with Crippen LogP contribution in [-0.2, 0) is 19.7 Å². The molecule has 0 saturated carbocycles. The molecule has 7 heteroatoms. The predicted molar refractivity (Wildman–Crippen MR) is 106 cm³/mol. The van der Waals surface area contributed by atoms with E-state index in [1.54, 1.807) is 12.1 Å². The average Bonchev–Trinajstić information content (AvgIpc) is 3.36. The highest BCUT2D eigenvalue weighted by Gasteiger charge is 2.14. The van der Waals surface area contributed by atoms with Crippen molar-refractivity contribution in [3.63, 3.8) is 0 Å². The quantitative estimate of drug-likeness (QED) is 0.508. The number of rotatable bonds is 7. The van der Waals surface area contributed by atoms with Crippen molar-refractivity contribution in [1.82, 2.24) is 14.9 Å². The highest BCUT2D eigenvalue weighted by atomic mass is 19.1. The van der Waals surface area contributed by atoms with Crippen LogP contribution in [0.15, 0.2) is 65.1 Å². The van der Waals surface area contributed by atoms with Crippen molar-refractivity contribution in [2.24, 2.45) is 0 Å². The molecule has 0 bridgehead atoms. The van der Waals surface area contributed by atoms with E-state index in [1.165, 1.54) is 24.3 Å². The van der Waals surface area contributed by atoms with Gasteiger partial charge in [0.1, 0.15) is 29.8 Å². The van der Waals surface area contributed by atoms with Crippen molar-refractivity contribution in [2.45, 2.75) is 26.6 Å². The van der Waals surface area contributed by atoms with Crippen molar-refractivity contribution in [3.8, 4) is 5.75 Å². The molecule has 0 unspecified atom stereocenters. The zero-order valence-corrected chi connectivity index (χ0v) is 15.9. The molecular formula is C22H20FN3O3. The largest absolute Gasteiger partial charge is 0.486 e. The van der Waals surface area contributed by atoms with Crippen LogP contribution in [0.3, 0.4) is 0 Å². The van der Waals surface area contributed by atoms with Crippen LogP contribution < -0.4 is 10.1 Å². The van der Waals surface area contributed by atoms with Crippen LogP contribution in [0.5, 0.6) is 5.75 Å². The van der Waals surface area contributed by atoms with Crippen molar-refractivity contribution < 1.29 is 18.3 Å². The van der Waals surface area contributed by atoms with Crippen LogP contribution in [-0.4, -0.2) is 15.5 Å². The first-order chi connectivity index (χ1) is 14.1. The van der Waals surface area contributed by atoms with Crippen LogP contribution in [0.4, 0.5) is 4.39 Å². The maximum absolute atomic E-state index is 12.9. The van der Waals surface area contributed by atoms with Crippen molar-refractivity contribution in [1.29, 1.82) is 0 Å². The number of furan rings is 1. The molecule has 0 aliphatic heterocycles. The van der Waals surface area contributed by atoms with E-state index in [0.29, 0.717) is 18.1 Å². The zero-order valence-electron chi connectivity index (χ0n) is 15.9. The summed E-state index contributed by atoms with van der Waals surface area (Å²) >= 11 is 0. The summed E-state index contributed by atoms with van der Waals surface area (Å²) in [6.07, 6.45) is 0. The molecule has 0 aliphatic carbocycles. The molecule has 2 aromatic heterocycles. The second kappa shape index (κ2) is 8.18. The number of aromatic nitrogens is 2.